The predicted octanol–water partition coefficient (Wildman–Crippen LogP) is 1.96. The molecule has 37 heavy (non-hydrogen) atoms. The molecule has 1 aromatic carbocycles. The van der Waals surface area contributed by atoms with Crippen LogP contribution in [0, 0.1) is 5.92 Å². The Morgan fingerprint density at radius 3 is 2.68 bits per heavy atom. The van der Waals surface area contributed by atoms with Crippen LogP contribution in [-0.2, 0) is 27.5 Å². The Hall–Kier alpha value is -3.80. The molecule has 2 aromatic rings. The molecule has 1 fully saturated rings. The fourth-order valence-corrected chi connectivity index (χ4v) is 4.53. The topological polar surface area (TPSA) is 147 Å². The van der Waals surface area contributed by atoms with Gasteiger partial charge in [-0.25, -0.2) is 14.0 Å². The second-order valence-corrected chi connectivity index (χ2v) is 9.17. The van der Waals surface area contributed by atoms with Crippen molar-refractivity contribution in [3.05, 3.63) is 53.6 Å². The van der Waals surface area contributed by atoms with E-state index in [1.54, 1.807) is 34.9 Å². The quantitative estimate of drug-likeness (QED) is 0.397. The minimum absolute atomic E-state index is 0.0198. The number of rotatable bonds is 9. The number of ether oxygens (including phenoxy) is 1. The van der Waals surface area contributed by atoms with Crippen LogP contribution in [0.4, 0.5) is 9.18 Å². The van der Waals surface area contributed by atoms with Crippen molar-refractivity contribution in [1.29, 1.82) is 0 Å². The first-order valence-corrected chi connectivity index (χ1v) is 12.4. The van der Waals surface area contributed by atoms with Crippen molar-refractivity contribution >= 4 is 23.8 Å². The fourth-order valence-electron chi connectivity index (χ4n) is 4.53. The molecule has 1 aromatic heterocycles. The van der Waals surface area contributed by atoms with Crippen molar-refractivity contribution in [2.75, 3.05) is 19.6 Å². The van der Waals surface area contributed by atoms with Crippen molar-refractivity contribution < 1.29 is 28.6 Å². The molecule has 2 amide bonds. The number of carbonyl (C=O) groups is 3. The molecule has 11 nitrogen and oxygen atoms in total. The van der Waals surface area contributed by atoms with Crippen molar-refractivity contribution in [1.82, 2.24) is 30.7 Å². The molecule has 198 valence electrons. The highest BCUT2D eigenvalue weighted by atomic mass is 19.1. The third-order valence-corrected chi connectivity index (χ3v) is 6.54. The summed E-state index contributed by atoms with van der Waals surface area (Å²) in [5.74, 6) is -2.37. The van der Waals surface area contributed by atoms with Crippen LogP contribution in [0.3, 0.4) is 0 Å². The van der Waals surface area contributed by atoms with Gasteiger partial charge in [-0.3, -0.25) is 4.79 Å². The zero-order chi connectivity index (χ0) is 26.2. The molecular formula is C25H31FN6O5. The second-order valence-electron chi connectivity index (χ2n) is 9.17. The highest BCUT2D eigenvalue weighted by molar-refractivity contribution is 5.85. The van der Waals surface area contributed by atoms with E-state index >= 15 is 4.39 Å². The number of piperidine rings is 1. The molecule has 0 aliphatic carbocycles. The normalized spacial score (nSPS) is 18.9. The van der Waals surface area contributed by atoms with Crippen LogP contribution in [0.5, 0.6) is 0 Å². The van der Waals surface area contributed by atoms with Gasteiger partial charge in [0.05, 0.1) is 5.92 Å². The summed E-state index contributed by atoms with van der Waals surface area (Å²) in [5.41, 5.74) is 0.751. The number of aliphatic carboxylic acids is 1. The number of hydrogen-bond donors (Lipinski definition) is 4. The van der Waals surface area contributed by atoms with E-state index in [9.17, 15) is 19.5 Å². The number of nitrogens with one attached hydrogen (secondary N) is 3. The fraction of sp³-hybridized carbons (Fsp3) is 0.480. The number of fused-ring (bicyclic) bond motifs is 1. The first-order valence-electron chi connectivity index (χ1n) is 12.4. The predicted molar refractivity (Wildman–Crippen MR) is 131 cm³/mol. The van der Waals surface area contributed by atoms with Gasteiger partial charge in [-0.1, -0.05) is 30.3 Å². The summed E-state index contributed by atoms with van der Waals surface area (Å²) < 4.78 is 21.7. The van der Waals surface area contributed by atoms with Gasteiger partial charge in [-0.05, 0) is 56.3 Å². The van der Waals surface area contributed by atoms with E-state index in [0.29, 0.717) is 25.2 Å². The number of carbonyl (C=O) groups excluding carboxylic acids is 2. The van der Waals surface area contributed by atoms with E-state index in [4.69, 9.17) is 4.74 Å². The molecule has 0 bridgehead atoms. The maximum atomic E-state index is 15.0. The second kappa shape index (κ2) is 12.4. The highest BCUT2D eigenvalue weighted by Gasteiger charge is 2.33. The molecule has 1 unspecified atom stereocenters. The number of benzene rings is 1. The number of nitrogens with zero attached hydrogens (tertiary/aromatic N) is 3. The molecule has 3 heterocycles. The third kappa shape index (κ3) is 6.91. The van der Waals surface area contributed by atoms with Crippen molar-refractivity contribution in [3.8, 4) is 0 Å². The van der Waals surface area contributed by atoms with Gasteiger partial charge in [0.2, 0.25) is 5.91 Å². The lowest BCUT2D eigenvalue weighted by atomic mass is 9.96. The Balaban J connectivity index is 1.34. The minimum atomic E-state index is -1.39. The molecule has 12 heteroatoms. The van der Waals surface area contributed by atoms with Crippen LogP contribution in [0.2, 0.25) is 0 Å². The summed E-state index contributed by atoms with van der Waals surface area (Å²) in [4.78, 5) is 36.6. The Morgan fingerprint density at radius 1 is 1.19 bits per heavy atom. The number of carboxylic acids is 1. The first kappa shape index (κ1) is 26.3. The van der Waals surface area contributed by atoms with E-state index in [-0.39, 0.29) is 24.9 Å². The monoisotopic (exact) mass is 514 g/mol. The first-order chi connectivity index (χ1) is 17.9. The lowest BCUT2D eigenvalue weighted by molar-refractivity contribution is -0.139. The van der Waals surface area contributed by atoms with Gasteiger partial charge in [-0.2, -0.15) is 0 Å². The van der Waals surface area contributed by atoms with E-state index in [0.717, 1.165) is 31.5 Å². The number of alkyl carbamates (subject to hydrolysis) is 1. The Kier molecular flexibility index (Phi) is 8.83. The molecule has 1 saturated heterocycles. The number of hydrogen-bond acceptors (Lipinski definition) is 7. The van der Waals surface area contributed by atoms with Crippen molar-refractivity contribution in [2.45, 2.75) is 50.8 Å². The number of carboxylic acid groups (broad SMARTS) is 1. The molecule has 2 aliphatic rings. The molecule has 4 N–H and O–H groups in total. The van der Waals surface area contributed by atoms with Gasteiger partial charge < -0.3 is 30.4 Å². The average molecular weight is 515 g/mol. The number of amides is 2. The molecule has 4 rings (SSSR count). The lowest BCUT2D eigenvalue weighted by Crippen LogP contribution is -2.49. The maximum absolute atomic E-state index is 15.0. The van der Waals surface area contributed by atoms with E-state index in [2.05, 4.69) is 26.1 Å². The number of aromatic nitrogens is 3. The summed E-state index contributed by atoms with van der Waals surface area (Å²) in [5, 5.41) is 25.7. The van der Waals surface area contributed by atoms with Crippen molar-refractivity contribution in [3.63, 3.8) is 0 Å². The molecule has 0 saturated carbocycles. The van der Waals surface area contributed by atoms with Gasteiger partial charge in [-0.15, -0.1) is 10.2 Å². The van der Waals surface area contributed by atoms with Crippen LogP contribution in [0.1, 0.15) is 48.8 Å². The standard InChI is InChI=1S/C25H31FN6O5/c26-19(13-16-8-10-27-11-9-16)22-31-30-21-18(7-4-12-32(21)22)23(33)28-14-20(24(34)35)29-25(36)37-15-17-5-2-1-3-6-17/h1-3,5-6,13,16,18,20,27H,4,7-12,14-15H2,(H,28,33)(H,29,36)(H,34,35)/b19-13+/t18?,20-/m0/s1. The maximum Gasteiger partial charge on any atom is 0.408 e. The molecule has 0 radical (unpaired) electrons. The Morgan fingerprint density at radius 2 is 1.95 bits per heavy atom. The number of allylic oxidation sites excluding steroid dienone is 1. The molecule has 2 aliphatic heterocycles. The van der Waals surface area contributed by atoms with E-state index in [1.165, 1.54) is 0 Å². The lowest BCUT2D eigenvalue weighted by Gasteiger charge is -2.24. The Labute approximate surface area is 213 Å². The zero-order valence-electron chi connectivity index (χ0n) is 20.4. The summed E-state index contributed by atoms with van der Waals surface area (Å²) in [6, 6.07) is 7.55. The Bertz CT molecular complexity index is 1130. The smallest absolute Gasteiger partial charge is 0.408 e. The minimum Gasteiger partial charge on any atom is -0.480 e. The molecular weight excluding hydrogens is 483 g/mol. The van der Waals surface area contributed by atoms with Gasteiger partial charge >= 0.3 is 12.1 Å². The third-order valence-electron chi connectivity index (χ3n) is 6.54. The van der Waals surface area contributed by atoms with Gasteiger partial charge in [0, 0.05) is 13.1 Å². The largest absolute Gasteiger partial charge is 0.480 e. The van der Waals surface area contributed by atoms with E-state index in [1.807, 2.05) is 6.07 Å². The summed E-state index contributed by atoms with van der Waals surface area (Å²) in [6.07, 6.45) is 3.44. The van der Waals surface area contributed by atoms with Crippen LogP contribution < -0.4 is 16.0 Å². The molecule has 0 spiro atoms. The van der Waals surface area contributed by atoms with Gasteiger partial charge in [0.15, 0.2) is 11.7 Å². The molecule has 2 atom stereocenters. The van der Waals surface area contributed by atoms with Gasteiger partial charge in [0.1, 0.15) is 18.5 Å². The summed E-state index contributed by atoms with van der Waals surface area (Å²) in [7, 11) is 0. The van der Waals surface area contributed by atoms with Crippen LogP contribution in [0.25, 0.3) is 5.83 Å². The van der Waals surface area contributed by atoms with Crippen molar-refractivity contribution in [2.24, 2.45) is 5.92 Å². The van der Waals surface area contributed by atoms with Crippen LogP contribution in [-0.4, -0.2) is 63.5 Å². The van der Waals surface area contributed by atoms with Crippen LogP contribution >= 0.6 is 0 Å². The number of halogens is 1. The SMILES string of the molecule is O=C(N[C@@H](CNC(=O)C1CCCn2c(/C(F)=C\C3CCNCC3)nnc21)C(=O)O)OCc1ccccc1. The summed E-state index contributed by atoms with van der Waals surface area (Å²) >= 11 is 0. The highest BCUT2D eigenvalue weighted by Crippen LogP contribution is 2.30. The van der Waals surface area contributed by atoms with Crippen LogP contribution in [0.15, 0.2) is 36.4 Å². The van der Waals surface area contributed by atoms with Gasteiger partial charge in [0.25, 0.3) is 0 Å². The average Bonchev–Trinajstić information content (AvgIpc) is 3.35. The summed E-state index contributed by atoms with van der Waals surface area (Å²) in [6.45, 7) is 1.79. The zero-order valence-corrected chi connectivity index (χ0v) is 20.4. The van der Waals surface area contributed by atoms with E-state index < -0.39 is 35.8 Å².